The molecular weight excluding hydrogens is 300 g/mol. The lowest BCUT2D eigenvalue weighted by atomic mass is 10.2. The molecule has 3 N–H and O–H groups in total. The summed E-state index contributed by atoms with van der Waals surface area (Å²) in [6.07, 6.45) is 4.28. The molecule has 1 aliphatic rings. The molecule has 1 fully saturated rings. The van der Waals surface area contributed by atoms with Crippen LogP contribution in [0.25, 0.3) is 0 Å². The Hall–Kier alpha value is -1.40. The van der Waals surface area contributed by atoms with E-state index in [0.717, 1.165) is 12.8 Å². The maximum Gasteiger partial charge on any atom is 0.337 e. The molecule has 0 radical (unpaired) electrons. The topological polar surface area (TPSA) is 78.4 Å². The van der Waals surface area contributed by atoms with E-state index in [-0.39, 0.29) is 21.4 Å². The number of halogens is 1. The molecule has 0 atom stereocenters. The average Bonchev–Trinajstić information content (AvgIpc) is 3.17. The maximum absolute atomic E-state index is 11.7. The molecule has 108 valence electrons. The number of benzene rings is 1. The van der Waals surface area contributed by atoms with Crippen molar-refractivity contribution in [2.45, 2.75) is 17.6 Å². The van der Waals surface area contributed by atoms with Crippen LogP contribution >= 0.6 is 23.4 Å². The van der Waals surface area contributed by atoms with Crippen LogP contribution in [0.15, 0.2) is 18.2 Å². The van der Waals surface area contributed by atoms with Gasteiger partial charge >= 0.3 is 12.0 Å². The number of thioether (sulfide) groups is 1. The van der Waals surface area contributed by atoms with Gasteiger partial charge in [-0.1, -0.05) is 11.6 Å². The Morgan fingerprint density at radius 3 is 2.65 bits per heavy atom. The lowest BCUT2D eigenvalue weighted by Gasteiger charge is -2.14. The Labute approximate surface area is 126 Å². The van der Waals surface area contributed by atoms with Crippen molar-refractivity contribution in [3.05, 3.63) is 28.8 Å². The Morgan fingerprint density at radius 2 is 2.15 bits per heavy atom. The predicted molar refractivity (Wildman–Crippen MR) is 80.9 cm³/mol. The van der Waals surface area contributed by atoms with Crippen molar-refractivity contribution in [2.75, 3.05) is 18.1 Å². The summed E-state index contributed by atoms with van der Waals surface area (Å²) < 4.78 is 0.197. The molecule has 0 heterocycles. The van der Waals surface area contributed by atoms with Gasteiger partial charge < -0.3 is 15.7 Å². The van der Waals surface area contributed by atoms with Crippen LogP contribution in [-0.4, -0.2) is 34.7 Å². The van der Waals surface area contributed by atoms with E-state index in [9.17, 15) is 9.59 Å². The molecule has 0 aliphatic heterocycles. The highest BCUT2D eigenvalue weighted by Crippen LogP contribution is 2.46. The largest absolute Gasteiger partial charge is 0.478 e. The van der Waals surface area contributed by atoms with Gasteiger partial charge in [-0.05, 0) is 37.3 Å². The monoisotopic (exact) mass is 314 g/mol. The second-order valence-electron chi connectivity index (χ2n) is 4.69. The van der Waals surface area contributed by atoms with Crippen LogP contribution in [0.2, 0.25) is 5.02 Å². The fourth-order valence-corrected chi connectivity index (χ4v) is 2.76. The van der Waals surface area contributed by atoms with Crippen LogP contribution in [-0.2, 0) is 0 Å². The molecular formula is C13H15ClN2O3S. The molecule has 7 heteroatoms. The van der Waals surface area contributed by atoms with Gasteiger partial charge in [0.05, 0.1) is 10.6 Å². The molecule has 2 rings (SSSR count). The predicted octanol–water partition coefficient (Wildman–Crippen LogP) is 3.06. The van der Waals surface area contributed by atoms with E-state index in [1.165, 1.54) is 18.2 Å². The number of urea groups is 1. The summed E-state index contributed by atoms with van der Waals surface area (Å²) >= 11 is 7.60. The third-order valence-electron chi connectivity index (χ3n) is 3.27. The van der Waals surface area contributed by atoms with Crippen molar-refractivity contribution in [1.82, 2.24) is 5.32 Å². The third kappa shape index (κ3) is 3.58. The van der Waals surface area contributed by atoms with Crippen molar-refractivity contribution in [2.24, 2.45) is 0 Å². The molecule has 0 spiro atoms. The normalized spacial score (nSPS) is 15.5. The number of rotatable bonds is 5. The lowest BCUT2D eigenvalue weighted by molar-refractivity contribution is 0.0697. The van der Waals surface area contributed by atoms with E-state index < -0.39 is 5.97 Å². The van der Waals surface area contributed by atoms with Gasteiger partial charge in [-0.3, -0.25) is 0 Å². The molecule has 1 saturated carbocycles. The molecule has 0 unspecified atom stereocenters. The number of carboxylic acids is 1. The summed E-state index contributed by atoms with van der Waals surface area (Å²) in [5, 5.41) is 14.4. The van der Waals surface area contributed by atoms with Crippen LogP contribution < -0.4 is 10.6 Å². The number of amides is 2. The van der Waals surface area contributed by atoms with Gasteiger partial charge in [0.15, 0.2) is 0 Å². The highest BCUT2D eigenvalue weighted by molar-refractivity contribution is 8.00. The standard InChI is InChI=1S/C13H15ClN2O3S/c1-20-13(4-5-13)7-15-12(19)16-8-2-3-9(11(17)18)10(14)6-8/h2-3,6H,4-5,7H2,1H3,(H,17,18)(H2,15,16,19). The molecule has 20 heavy (non-hydrogen) atoms. The van der Waals surface area contributed by atoms with E-state index in [2.05, 4.69) is 10.6 Å². The van der Waals surface area contributed by atoms with E-state index >= 15 is 0 Å². The van der Waals surface area contributed by atoms with Crippen molar-refractivity contribution in [3.63, 3.8) is 0 Å². The highest BCUT2D eigenvalue weighted by Gasteiger charge is 2.41. The molecule has 0 bridgehead atoms. The van der Waals surface area contributed by atoms with Crippen molar-refractivity contribution >= 4 is 41.1 Å². The Morgan fingerprint density at radius 1 is 1.45 bits per heavy atom. The van der Waals surface area contributed by atoms with Crippen molar-refractivity contribution in [3.8, 4) is 0 Å². The van der Waals surface area contributed by atoms with Crippen LogP contribution in [0, 0.1) is 0 Å². The van der Waals surface area contributed by atoms with Crippen LogP contribution in [0.4, 0.5) is 10.5 Å². The van der Waals surface area contributed by atoms with Gasteiger partial charge in [0.1, 0.15) is 0 Å². The van der Waals surface area contributed by atoms with E-state index in [0.29, 0.717) is 12.2 Å². The van der Waals surface area contributed by atoms with Gasteiger partial charge in [0.25, 0.3) is 0 Å². The summed E-state index contributed by atoms with van der Waals surface area (Å²) in [6, 6.07) is 3.98. The van der Waals surface area contributed by atoms with Crippen LogP contribution in [0.3, 0.4) is 0 Å². The molecule has 1 aromatic rings. The zero-order chi connectivity index (χ0) is 14.8. The molecule has 0 saturated heterocycles. The summed E-state index contributed by atoms with van der Waals surface area (Å²) in [5.41, 5.74) is 0.475. The van der Waals surface area contributed by atoms with Gasteiger partial charge in [-0.15, -0.1) is 0 Å². The zero-order valence-electron chi connectivity index (χ0n) is 10.9. The number of anilines is 1. The smallest absolute Gasteiger partial charge is 0.337 e. The van der Waals surface area contributed by atoms with Gasteiger partial charge in [-0.2, -0.15) is 11.8 Å². The minimum Gasteiger partial charge on any atom is -0.478 e. The first-order valence-corrected chi connectivity index (χ1v) is 7.69. The minimum atomic E-state index is -1.10. The van der Waals surface area contributed by atoms with Crippen LogP contribution in [0.5, 0.6) is 0 Å². The molecule has 5 nitrogen and oxygen atoms in total. The van der Waals surface area contributed by atoms with Crippen molar-refractivity contribution in [1.29, 1.82) is 0 Å². The van der Waals surface area contributed by atoms with Crippen molar-refractivity contribution < 1.29 is 14.7 Å². The lowest BCUT2D eigenvalue weighted by Crippen LogP contribution is -2.35. The second kappa shape index (κ2) is 5.93. The summed E-state index contributed by atoms with van der Waals surface area (Å²) in [7, 11) is 0. The van der Waals surface area contributed by atoms with Gasteiger partial charge in [0.2, 0.25) is 0 Å². The summed E-state index contributed by atoms with van der Waals surface area (Å²) in [5.74, 6) is -1.10. The van der Waals surface area contributed by atoms with E-state index in [1.807, 2.05) is 6.26 Å². The number of carboxylic acid groups (broad SMARTS) is 1. The minimum absolute atomic E-state index is 0.0111. The quantitative estimate of drug-likeness (QED) is 0.780. The van der Waals surface area contributed by atoms with Crippen LogP contribution in [0.1, 0.15) is 23.2 Å². The highest BCUT2D eigenvalue weighted by atomic mass is 35.5. The number of aromatic carboxylic acids is 1. The fourth-order valence-electron chi connectivity index (χ4n) is 1.78. The first kappa shape index (κ1) is 15.0. The Kier molecular flexibility index (Phi) is 4.45. The zero-order valence-corrected chi connectivity index (χ0v) is 12.5. The fraction of sp³-hybridized carbons (Fsp3) is 0.385. The maximum atomic E-state index is 11.7. The number of hydrogen-bond acceptors (Lipinski definition) is 3. The summed E-state index contributed by atoms with van der Waals surface area (Å²) in [6.45, 7) is 0.626. The molecule has 1 aliphatic carbocycles. The molecule has 0 aromatic heterocycles. The Balaban J connectivity index is 1.91. The average molecular weight is 315 g/mol. The summed E-state index contributed by atoms with van der Waals surface area (Å²) in [4.78, 5) is 22.6. The number of carbonyl (C=O) groups excluding carboxylic acids is 1. The first-order valence-electron chi connectivity index (χ1n) is 6.09. The molecule has 2 amide bonds. The van der Waals surface area contributed by atoms with Gasteiger partial charge in [-0.25, -0.2) is 9.59 Å². The molecule has 1 aromatic carbocycles. The van der Waals surface area contributed by atoms with E-state index in [1.54, 1.807) is 11.8 Å². The SMILES string of the molecule is CSC1(CNC(=O)Nc2ccc(C(=O)O)c(Cl)c2)CC1. The number of carbonyl (C=O) groups is 2. The number of hydrogen-bond donors (Lipinski definition) is 3. The first-order chi connectivity index (χ1) is 9.46. The Bertz CT molecular complexity index is 546. The van der Waals surface area contributed by atoms with Gasteiger partial charge in [0, 0.05) is 17.0 Å². The number of nitrogens with one attached hydrogen (secondary N) is 2. The van der Waals surface area contributed by atoms with E-state index in [4.69, 9.17) is 16.7 Å². The third-order valence-corrected chi connectivity index (χ3v) is 5.00. The second-order valence-corrected chi connectivity index (χ2v) is 6.38.